The molecule has 0 amide bonds. The molecule has 1 aliphatic heterocycles. The van der Waals surface area contributed by atoms with Crippen LogP contribution in [-0.4, -0.2) is 11.6 Å². The number of esters is 1. The Labute approximate surface area is 157 Å². The predicted molar refractivity (Wildman–Crippen MR) is 103 cm³/mol. The van der Waals surface area contributed by atoms with E-state index in [0.29, 0.717) is 17.8 Å². The summed E-state index contributed by atoms with van der Waals surface area (Å²) < 4.78 is 12.5. The lowest BCUT2D eigenvalue weighted by atomic mass is 9.80. The van der Waals surface area contributed by atoms with Crippen molar-refractivity contribution >= 4 is 5.97 Å². The predicted octanol–water partition coefficient (Wildman–Crippen LogP) is 5.67. The lowest BCUT2D eigenvalue weighted by Gasteiger charge is -2.37. The highest BCUT2D eigenvalue weighted by Gasteiger charge is 2.45. The van der Waals surface area contributed by atoms with Crippen LogP contribution in [-0.2, 0) is 17.6 Å². The van der Waals surface area contributed by atoms with Gasteiger partial charge < -0.3 is 9.47 Å². The summed E-state index contributed by atoms with van der Waals surface area (Å²) in [6.45, 7) is 10.4. The van der Waals surface area contributed by atoms with Crippen molar-refractivity contribution in [3.63, 3.8) is 0 Å². The third-order valence-electron chi connectivity index (χ3n) is 6.51. The number of hydrogen-bond acceptors (Lipinski definition) is 3. The Morgan fingerprint density at radius 2 is 1.92 bits per heavy atom. The summed E-state index contributed by atoms with van der Waals surface area (Å²) >= 11 is 0. The van der Waals surface area contributed by atoms with E-state index in [9.17, 15) is 4.79 Å². The highest BCUT2D eigenvalue weighted by Crippen LogP contribution is 2.62. The minimum Gasteiger partial charge on any atom is -0.487 e. The van der Waals surface area contributed by atoms with Crippen molar-refractivity contribution in [2.45, 2.75) is 97.0 Å². The van der Waals surface area contributed by atoms with Gasteiger partial charge in [-0.15, -0.1) is 0 Å². The molecule has 0 saturated heterocycles. The molecule has 1 saturated carbocycles. The Bertz CT molecular complexity index is 745. The molecule has 2 unspecified atom stereocenters. The molecule has 0 aromatic heterocycles. The Morgan fingerprint density at radius 1 is 1.23 bits per heavy atom. The summed E-state index contributed by atoms with van der Waals surface area (Å²) in [7, 11) is 0. The second kappa shape index (κ2) is 6.28. The number of benzene rings is 1. The fourth-order valence-electron chi connectivity index (χ4n) is 5.25. The molecule has 1 aromatic rings. The zero-order chi connectivity index (χ0) is 18.6. The first-order chi connectivity index (χ1) is 12.3. The van der Waals surface area contributed by atoms with Crippen molar-refractivity contribution in [1.82, 2.24) is 0 Å². The summed E-state index contributed by atoms with van der Waals surface area (Å²) in [4.78, 5) is 11.9. The van der Waals surface area contributed by atoms with Crippen molar-refractivity contribution in [2.24, 2.45) is 5.92 Å². The van der Waals surface area contributed by atoms with Crippen molar-refractivity contribution in [1.29, 1.82) is 0 Å². The Kier molecular flexibility index (Phi) is 4.32. The van der Waals surface area contributed by atoms with Crippen molar-refractivity contribution < 1.29 is 14.3 Å². The van der Waals surface area contributed by atoms with Gasteiger partial charge in [0, 0.05) is 29.2 Å². The van der Waals surface area contributed by atoms with E-state index in [2.05, 4.69) is 27.7 Å². The van der Waals surface area contributed by atoms with E-state index in [0.717, 1.165) is 37.2 Å². The Hall–Kier alpha value is -1.51. The Morgan fingerprint density at radius 3 is 2.58 bits per heavy atom. The fourth-order valence-corrected chi connectivity index (χ4v) is 5.25. The smallest absolute Gasteiger partial charge is 0.308 e. The lowest BCUT2D eigenvalue weighted by Crippen LogP contribution is -2.34. The maximum absolute atomic E-state index is 11.9. The number of carbonyl (C=O) groups excluding carboxylic acids is 1. The second-order valence-electron chi connectivity index (χ2n) is 9.54. The largest absolute Gasteiger partial charge is 0.487 e. The Balaban J connectivity index is 1.92. The summed E-state index contributed by atoms with van der Waals surface area (Å²) in [5.41, 5.74) is 5.17. The first-order valence-corrected chi connectivity index (χ1v) is 10.4. The van der Waals surface area contributed by atoms with Crippen LogP contribution < -0.4 is 9.47 Å². The SMILES string of the molecule is CC(=O)Oc1c(CCC(C)C)c2c(c3c1C1CCC3C1)OC(C)(C)CC2. The normalized spacial score (nSPS) is 25.0. The molecule has 1 fully saturated rings. The average Bonchev–Trinajstić information content (AvgIpc) is 3.14. The number of fused-ring (bicyclic) bond motifs is 7. The summed E-state index contributed by atoms with van der Waals surface area (Å²) in [6, 6.07) is 0. The molecular weight excluding hydrogens is 324 g/mol. The summed E-state index contributed by atoms with van der Waals surface area (Å²) in [5.74, 6) is 3.62. The van der Waals surface area contributed by atoms with Crippen molar-refractivity contribution in [3.05, 3.63) is 22.3 Å². The molecule has 0 spiro atoms. The van der Waals surface area contributed by atoms with E-state index >= 15 is 0 Å². The van der Waals surface area contributed by atoms with Gasteiger partial charge >= 0.3 is 5.97 Å². The van der Waals surface area contributed by atoms with Gasteiger partial charge in [0.15, 0.2) is 0 Å². The number of rotatable bonds is 4. The van der Waals surface area contributed by atoms with E-state index in [-0.39, 0.29) is 11.6 Å². The second-order valence-corrected chi connectivity index (χ2v) is 9.54. The van der Waals surface area contributed by atoms with E-state index in [1.54, 1.807) is 0 Å². The monoisotopic (exact) mass is 356 g/mol. The highest BCUT2D eigenvalue weighted by molar-refractivity contribution is 5.74. The van der Waals surface area contributed by atoms with Crippen LogP contribution in [0.5, 0.6) is 11.5 Å². The first-order valence-electron chi connectivity index (χ1n) is 10.4. The van der Waals surface area contributed by atoms with Crippen LogP contribution in [0, 0.1) is 5.92 Å². The van der Waals surface area contributed by atoms with E-state index in [1.807, 2.05) is 0 Å². The van der Waals surface area contributed by atoms with Crippen LogP contribution in [0.4, 0.5) is 0 Å². The molecule has 0 radical (unpaired) electrons. The van der Waals surface area contributed by atoms with Crippen LogP contribution in [0.1, 0.15) is 101 Å². The third kappa shape index (κ3) is 2.93. The van der Waals surface area contributed by atoms with Crippen molar-refractivity contribution in [2.75, 3.05) is 0 Å². The molecule has 142 valence electrons. The van der Waals surface area contributed by atoms with Gasteiger partial charge in [0.25, 0.3) is 0 Å². The van der Waals surface area contributed by atoms with Crippen LogP contribution in [0.3, 0.4) is 0 Å². The van der Waals surface area contributed by atoms with Gasteiger partial charge in [0.1, 0.15) is 17.1 Å². The maximum atomic E-state index is 11.9. The minimum atomic E-state index is -0.197. The van der Waals surface area contributed by atoms with Gasteiger partial charge in [-0.25, -0.2) is 0 Å². The number of hydrogen-bond donors (Lipinski definition) is 0. The molecule has 1 heterocycles. The molecule has 2 atom stereocenters. The van der Waals surface area contributed by atoms with Crippen LogP contribution in [0.2, 0.25) is 0 Å². The van der Waals surface area contributed by atoms with Gasteiger partial charge in [-0.3, -0.25) is 4.79 Å². The van der Waals surface area contributed by atoms with Gasteiger partial charge in [-0.1, -0.05) is 13.8 Å². The fraction of sp³-hybridized carbons (Fsp3) is 0.696. The molecule has 3 nitrogen and oxygen atoms in total. The summed E-state index contributed by atoms with van der Waals surface area (Å²) in [5, 5.41) is 0. The number of carbonyl (C=O) groups is 1. The number of ether oxygens (including phenoxy) is 2. The molecular formula is C23H32O3. The quantitative estimate of drug-likeness (QED) is 0.515. The average molecular weight is 357 g/mol. The van der Waals surface area contributed by atoms with Crippen LogP contribution in [0.25, 0.3) is 0 Å². The first kappa shape index (κ1) is 17.9. The van der Waals surface area contributed by atoms with Crippen LogP contribution >= 0.6 is 0 Å². The molecule has 2 bridgehead atoms. The van der Waals surface area contributed by atoms with Gasteiger partial charge in [0.05, 0.1) is 0 Å². The van der Waals surface area contributed by atoms with E-state index in [1.165, 1.54) is 48.4 Å². The van der Waals surface area contributed by atoms with Gasteiger partial charge in [-0.05, 0) is 76.5 Å². The standard InChI is InChI=1S/C23H32O3/c1-13(2)6-9-17-18-10-11-23(4,5)26-22(18)20-16-8-7-15(12-16)19(20)21(17)25-14(3)24/h13,15-16H,6-12H2,1-5H3. The molecule has 3 heteroatoms. The topological polar surface area (TPSA) is 35.5 Å². The molecule has 1 aromatic carbocycles. The van der Waals surface area contributed by atoms with E-state index < -0.39 is 0 Å². The molecule has 2 aliphatic carbocycles. The zero-order valence-electron chi connectivity index (χ0n) is 16.9. The molecule has 3 aliphatic rings. The maximum Gasteiger partial charge on any atom is 0.308 e. The lowest BCUT2D eigenvalue weighted by molar-refractivity contribution is -0.132. The van der Waals surface area contributed by atoms with Crippen LogP contribution in [0.15, 0.2) is 0 Å². The third-order valence-corrected chi connectivity index (χ3v) is 6.51. The van der Waals surface area contributed by atoms with Gasteiger partial charge in [0.2, 0.25) is 0 Å². The zero-order valence-corrected chi connectivity index (χ0v) is 16.9. The summed E-state index contributed by atoms with van der Waals surface area (Å²) in [6.07, 6.45) is 7.79. The van der Waals surface area contributed by atoms with E-state index in [4.69, 9.17) is 9.47 Å². The molecule has 0 N–H and O–H groups in total. The minimum absolute atomic E-state index is 0.110. The highest BCUT2D eigenvalue weighted by atomic mass is 16.5. The molecule has 4 rings (SSSR count). The van der Waals surface area contributed by atoms with Crippen molar-refractivity contribution in [3.8, 4) is 11.5 Å². The molecule has 26 heavy (non-hydrogen) atoms. The van der Waals surface area contributed by atoms with Gasteiger partial charge in [-0.2, -0.15) is 0 Å².